The summed E-state index contributed by atoms with van der Waals surface area (Å²) in [5.41, 5.74) is 12.6. The van der Waals surface area contributed by atoms with Crippen molar-refractivity contribution in [3.63, 3.8) is 0 Å². The lowest BCUT2D eigenvalue weighted by Gasteiger charge is -2.42. The van der Waals surface area contributed by atoms with Crippen molar-refractivity contribution in [3.8, 4) is 11.5 Å². The first-order valence-electron chi connectivity index (χ1n) is 11.9. The number of benzene rings is 2. The number of aromatic nitrogens is 4. The molecule has 4 N–H and O–H groups in total. The molecule has 1 fully saturated rings. The highest BCUT2D eigenvalue weighted by atomic mass is 16.5. The number of methoxy groups -OCH3 is 1. The molecule has 1 aliphatic heterocycles. The molecule has 1 atom stereocenters. The zero-order valence-corrected chi connectivity index (χ0v) is 19.7. The van der Waals surface area contributed by atoms with E-state index in [1.807, 2.05) is 6.07 Å². The molecule has 6 rings (SSSR count). The van der Waals surface area contributed by atoms with Crippen molar-refractivity contribution in [2.75, 3.05) is 25.1 Å². The van der Waals surface area contributed by atoms with Crippen LogP contribution in [0.4, 0.5) is 5.82 Å². The molecule has 0 unspecified atom stereocenters. The summed E-state index contributed by atoms with van der Waals surface area (Å²) < 4.78 is 5.38. The first-order valence-corrected chi connectivity index (χ1v) is 11.9. The lowest BCUT2D eigenvalue weighted by Crippen LogP contribution is -2.44. The van der Waals surface area contributed by atoms with E-state index in [0.29, 0.717) is 33.7 Å². The maximum absolute atomic E-state index is 10.1. The highest BCUT2D eigenvalue weighted by Gasteiger charge is 2.45. The Kier molecular flexibility index (Phi) is 5.00. The molecule has 8 heteroatoms. The first kappa shape index (κ1) is 21.6. The summed E-state index contributed by atoms with van der Waals surface area (Å²) in [6, 6.07) is 13.8. The molecule has 0 bridgehead atoms. The topological polar surface area (TPSA) is 113 Å². The average Bonchev–Trinajstić information content (AvgIpc) is 3.42. The lowest BCUT2D eigenvalue weighted by atomic mass is 9.73. The Morgan fingerprint density at radius 2 is 2.00 bits per heavy atom. The van der Waals surface area contributed by atoms with E-state index in [2.05, 4.69) is 45.9 Å². The fourth-order valence-electron chi connectivity index (χ4n) is 5.75. The van der Waals surface area contributed by atoms with E-state index in [0.717, 1.165) is 38.2 Å². The number of phenolic OH excluding ortho intramolecular Hbond substituents is 1. The van der Waals surface area contributed by atoms with Gasteiger partial charge in [-0.05, 0) is 41.9 Å². The lowest BCUT2D eigenvalue weighted by molar-refractivity contribution is 0.187. The molecule has 2 aromatic carbocycles. The number of ether oxygens (including phenoxy) is 1. The van der Waals surface area contributed by atoms with Gasteiger partial charge in [-0.25, -0.2) is 9.97 Å². The molecular formula is C27H28N6O2. The highest BCUT2D eigenvalue weighted by Crippen LogP contribution is 2.51. The Balaban J connectivity index is 1.23. The Bertz CT molecular complexity index is 1440. The molecule has 8 nitrogen and oxygen atoms in total. The summed E-state index contributed by atoms with van der Waals surface area (Å²) in [5.74, 6) is 1.23. The van der Waals surface area contributed by atoms with Crippen LogP contribution in [0.3, 0.4) is 0 Å². The van der Waals surface area contributed by atoms with Gasteiger partial charge in [-0.15, -0.1) is 0 Å². The zero-order valence-electron chi connectivity index (χ0n) is 19.7. The molecule has 3 heterocycles. The number of aromatic hydroxyl groups is 1. The van der Waals surface area contributed by atoms with E-state index in [4.69, 9.17) is 20.4 Å². The molecule has 1 saturated heterocycles. The second-order valence-electron chi connectivity index (χ2n) is 9.54. The van der Waals surface area contributed by atoms with Gasteiger partial charge in [-0.1, -0.05) is 43.0 Å². The summed E-state index contributed by atoms with van der Waals surface area (Å²) >= 11 is 0. The van der Waals surface area contributed by atoms with Crippen LogP contribution in [-0.2, 0) is 6.42 Å². The molecule has 35 heavy (non-hydrogen) atoms. The van der Waals surface area contributed by atoms with Gasteiger partial charge in [0.15, 0.2) is 11.5 Å². The van der Waals surface area contributed by atoms with Crippen LogP contribution in [0.15, 0.2) is 55.2 Å². The van der Waals surface area contributed by atoms with Crippen LogP contribution >= 0.6 is 0 Å². The standard InChI is InChI=1S/C27H28N6O2/c1-16(18-8-5-9-20(34)24(18)35-2)22-23-26(32-31-22)30-21(15-29-23)33-12-10-27(11-13-33)14-17-6-3-4-7-19(17)25(27)28/h3-9,15,25,34H,1,10-14,28H2,2H3,(H,30,31,32)/t25-/m1/s1. The molecule has 0 amide bonds. The molecule has 2 aromatic heterocycles. The summed E-state index contributed by atoms with van der Waals surface area (Å²) in [7, 11) is 1.52. The van der Waals surface area contributed by atoms with Crippen LogP contribution in [0.1, 0.15) is 41.3 Å². The predicted molar refractivity (Wildman–Crippen MR) is 135 cm³/mol. The van der Waals surface area contributed by atoms with Crippen molar-refractivity contribution in [3.05, 3.63) is 77.6 Å². The monoisotopic (exact) mass is 468 g/mol. The van der Waals surface area contributed by atoms with Crippen LogP contribution in [0, 0.1) is 5.41 Å². The fraction of sp³-hybridized carbons (Fsp3) is 0.296. The molecule has 2 aliphatic rings. The van der Waals surface area contributed by atoms with Crippen molar-refractivity contribution in [2.24, 2.45) is 11.1 Å². The highest BCUT2D eigenvalue weighted by molar-refractivity contribution is 5.92. The van der Waals surface area contributed by atoms with Gasteiger partial charge in [0.05, 0.1) is 19.0 Å². The van der Waals surface area contributed by atoms with E-state index >= 15 is 0 Å². The van der Waals surface area contributed by atoms with Gasteiger partial charge < -0.3 is 20.5 Å². The zero-order chi connectivity index (χ0) is 24.2. The predicted octanol–water partition coefficient (Wildman–Crippen LogP) is 3.97. The van der Waals surface area contributed by atoms with Crippen molar-refractivity contribution >= 4 is 22.6 Å². The number of phenols is 1. The molecule has 0 saturated carbocycles. The van der Waals surface area contributed by atoms with Gasteiger partial charge >= 0.3 is 0 Å². The molecular weight excluding hydrogens is 440 g/mol. The minimum Gasteiger partial charge on any atom is -0.504 e. The number of rotatable bonds is 4. The molecule has 1 aliphatic carbocycles. The molecule has 0 radical (unpaired) electrons. The Morgan fingerprint density at radius 3 is 2.77 bits per heavy atom. The number of hydrogen-bond acceptors (Lipinski definition) is 7. The Labute approximate surface area is 203 Å². The van der Waals surface area contributed by atoms with Crippen LogP contribution < -0.4 is 15.4 Å². The minimum absolute atomic E-state index is 0.0521. The largest absolute Gasteiger partial charge is 0.504 e. The van der Waals surface area contributed by atoms with Crippen LogP contribution in [0.5, 0.6) is 11.5 Å². The SMILES string of the molecule is C=C(c1cccc(O)c1OC)c1[nH]nc2nc(N3CCC4(CC3)Cc3ccccc3[C@H]4N)cnc12. The third-order valence-corrected chi connectivity index (χ3v) is 7.75. The smallest absolute Gasteiger partial charge is 0.202 e. The van der Waals surface area contributed by atoms with E-state index in [1.165, 1.54) is 18.2 Å². The van der Waals surface area contributed by atoms with E-state index in [9.17, 15) is 5.11 Å². The number of H-pyrrole nitrogens is 1. The maximum Gasteiger partial charge on any atom is 0.202 e. The Morgan fingerprint density at radius 1 is 1.20 bits per heavy atom. The van der Waals surface area contributed by atoms with Crippen LogP contribution in [-0.4, -0.2) is 45.5 Å². The molecule has 1 spiro atoms. The van der Waals surface area contributed by atoms with Crippen molar-refractivity contribution < 1.29 is 9.84 Å². The second kappa shape index (κ2) is 8.09. The van der Waals surface area contributed by atoms with Gasteiger partial charge in [0.25, 0.3) is 0 Å². The Hall–Kier alpha value is -3.91. The van der Waals surface area contributed by atoms with Gasteiger partial charge in [0.2, 0.25) is 5.65 Å². The minimum atomic E-state index is 0.0521. The normalized spacial score (nSPS) is 18.7. The molecule has 178 valence electrons. The fourth-order valence-corrected chi connectivity index (χ4v) is 5.75. The number of para-hydroxylation sites is 1. The van der Waals surface area contributed by atoms with Crippen LogP contribution in [0.25, 0.3) is 16.7 Å². The third-order valence-electron chi connectivity index (χ3n) is 7.75. The summed E-state index contributed by atoms with van der Waals surface area (Å²) in [6.45, 7) is 5.95. The average molecular weight is 469 g/mol. The number of nitrogens with zero attached hydrogens (tertiary/aromatic N) is 4. The van der Waals surface area contributed by atoms with Gasteiger partial charge in [0.1, 0.15) is 11.3 Å². The third kappa shape index (κ3) is 3.36. The number of aromatic amines is 1. The summed E-state index contributed by atoms with van der Waals surface area (Å²) in [6.07, 6.45) is 4.88. The van der Waals surface area contributed by atoms with Crippen molar-refractivity contribution in [1.29, 1.82) is 0 Å². The second-order valence-corrected chi connectivity index (χ2v) is 9.54. The van der Waals surface area contributed by atoms with Gasteiger partial charge in [0, 0.05) is 30.3 Å². The number of hydrogen-bond donors (Lipinski definition) is 3. The number of piperidine rings is 1. The number of fused-ring (bicyclic) bond motifs is 2. The van der Waals surface area contributed by atoms with Crippen molar-refractivity contribution in [2.45, 2.75) is 25.3 Å². The van der Waals surface area contributed by atoms with Gasteiger partial charge in [-0.3, -0.25) is 5.10 Å². The summed E-state index contributed by atoms with van der Waals surface area (Å²) in [5, 5.41) is 17.6. The quantitative estimate of drug-likeness (QED) is 0.415. The van der Waals surface area contributed by atoms with Gasteiger partial charge in [-0.2, -0.15) is 5.10 Å². The summed E-state index contributed by atoms with van der Waals surface area (Å²) in [4.78, 5) is 11.8. The van der Waals surface area contributed by atoms with E-state index in [1.54, 1.807) is 18.3 Å². The maximum atomic E-state index is 10.1. The number of anilines is 1. The number of nitrogens with one attached hydrogen (secondary N) is 1. The van der Waals surface area contributed by atoms with E-state index < -0.39 is 0 Å². The van der Waals surface area contributed by atoms with E-state index in [-0.39, 0.29) is 17.2 Å². The first-order chi connectivity index (χ1) is 17.0. The molecule has 4 aromatic rings. The number of nitrogens with two attached hydrogens (primary N) is 1. The van der Waals surface area contributed by atoms with Crippen LogP contribution in [0.2, 0.25) is 0 Å². The van der Waals surface area contributed by atoms with Crippen molar-refractivity contribution in [1.82, 2.24) is 20.2 Å².